The fraction of sp³-hybridized carbons (Fsp3) is 0.267. The normalized spacial score (nSPS) is 18.7. The Morgan fingerprint density at radius 3 is 2.82 bits per heavy atom. The third kappa shape index (κ3) is 2.37. The molecule has 0 radical (unpaired) electrons. The number of pyridine rings is 1. The molecule has 0 amide bonds. The molecule has 1 aromatic heterocycles. The van der Waals surface area contributed by atoms with E-state index in [0.717, 1.165) is 5.03 Å². The lowest BCUT2D eigenvalue weighted by Gasteiger charge is -2.24. The van der Waals surface area contributed by atoms with Crippen molar-refractivity contribution < 1.29 is 0 Å². The summed E-state index contributed by atoms with van der Waals surface area (Å²) in [5.74, 6) is 0. The van der Waals surface area contributed by atoms with Crippen molar-refractivity contribution in [3.8, 4) is 0 Å². The zero-order valence-corrected chi connectivity index (χ0v) is 10.5. The number of thioether (sulfide) groups is 1. The van der Waals surface area contributed by atoms with E-state index in [1.165, 1.54) is 30.4 Å². The first-order valence-electron chi connectivity index (χ1n) is 6.09. The van der Waals surface area contributed by atoms with E-state index in [0.29, 0.717) is 5.25 Å². The number of hydrogen-bond donors (Lipinski definition) is 0. The van der Waals surface area contributed by atoms with E-state index < -0.39 is 0 Å². The smallest absolute Gasteiger partial charge is 0.0965 e. The van der Waals surface area contributed by atoms with Crippen molar-refractivity contribution in [1.29, 1.82) is 0 Å². The van der Waals surface area contributed by atoms with Gasteiger partial charge in [0.2, 0.25) is 0 Å². The van der Waals surface area contributed by atoms with Gasteiger partial charge < -0.3 is 0 Å². The summed E-state index contributed by atoms with van der Waals surface area (Å²) < 4.78 is 0. The Morgan fingerprint density at radius 1 is 1.06 bits per heavy atom. The van der Waals surface area contributed by atoms with Crippen molar-refractivity contribution in [1.82, 2.24) is 4.98 Å². The van der Waals surface area contributed by atoms with E-state index in [9.17, 15) is 0 Å². The van der Waals surface area contributed by atoms with E-state index in [-0.39, 0.29) is 0 Å². The molecule has 1 aromatic carbocycles. The van der Waals surface area contributed by atoms with E-state index >= 15 is 0 Å². The first kappa shape index (κ1) is 10.8. The van der Waals surface area contributed by atoms with Crippen LogP contribution in [0.3, 0.4) is 0 Å². The molecule has 1 atom stereocenters. The molecule has 0 N–H and O–H groups in total. The molecule has 1 heterocycles. The van der Waals surface area contributed by atoms with Crippen LogP contribution in [-0.4, -0.2) is 4.98 Å². The third-order valence-corrected chi connectivity index (χ3v) is 4.47. The van der Waals surface area contributed by atoms with Crippen molar-refractivity contribution in [2.24, 2.45) is 0 Å². The summed E-state index contributed by atoms with van der Waals surface area (Å²) in [6.45, 7) is 0. The largest absolute Gasteiger partial charge is 0.250 e. The molecular formula is C15H15NS. The molecule has 0 saturated heterocycles. The molecule has 2 heteroatoms. The summed E-state index contributed by atoms with van der Waals surface area (Å²) in [5, 5.41) is 1.71. The molecule has 0 unspecified atom stereocenters. The Labute approximate surface area is 106 Å². The summed E-state index contributed by atoms with van der Waals surface area (Å²) in [6.07, 6.45) is 5.66. The van der Waals surface area contributed by atoms with Crippen LogP contribution < -0.4 is 0 Å². The van der Waals surface area contributed by atoms with Crippen molar-refractivity contribution in [2.45, 2.75) is 29.5 Å². The van der Waals surface area contributed by atoms with Gasteiger partial charge in [-0.1, -0.05) is 42.1 Å². The van der Waals surface area contributed by atoms with Crippen molar-refractivity contribution in [3.63, 3.8) is 0 Å². The van der Waals surface area contributed by atoms with E-state index in [2.05, 4.69) is 41.4 Å². The predicted molar refractivity (Wildman–Crippen MR) is 72.2 cm³/mol. The lowest BCUT2D eigenvalue weighted by Crippen LogP contribution is -2.06. The molecule has 0 fully saturated rings. The van der Waals surface area contributed by atoms with Crippen LogP contribution in [-0.2, 0) is 6.42 Å². The molecular weight excluding hydrogens is 226 g/mol. The predicted octanol–water partition coefficient (Wildman–Crippen LogP) is 4.25. The summed E-state index contributed by atoms with van der Waals surface area (Å²) in [5.41, 5.74) is 3.03. The number of aryl methyl sites for hydroxylation is 1. The molecule has 1 aliphatic carbocycles. The summed E-state index contributed by atoms with van der Waals surface area (Å²) in [4.78, 5) is 4.41. The Morgan fingerprint density at radius 2 is 1.94 bits per heavy atom. The molecule has 3 rings (SSSR count). The minimum absolute atomic E-state index is 0.579. The Bertz CT molecular complexity index is 495. The fourth-order valence-corrected chi connectivity index (χ4v) is 3.61. The first-order chi connectivity index (χ1) is 8.43. The monoisotopic (exact) mass is 241 g/mol. The number of rotatable bonds is 2. The van der Waals surface area contributed by atoms with Gasteiger partial charge in [-0.3, -0.25) is 0 Å². The van der Waals surface area contributed by atoms with Gasteiger partial charge in [0.1, 0.15) is 0 Å². The number of hydrogen-bond acceptors (Lipinski definition) is 2. The van der Waals surface area contributed by atoms with Crippen LogP contribution in [0.2, 0.25) is 0 Å². The second kappa shape index (κ2) is 4.92. The lowest BCUT2D eigenvalue weighted by atomic mass is 9.91. The molecule has 0 spiro atoms. The van der Waals surface area contributed by atoms with E-state index in [4.69, 9.17) is 0 Å². The zero-order valence-electron chi connectivity index (χ0n) is 9.67. The maximum Gasteiger partial charge on any atom is 0.0965 e. The van der Waals surface area contributed by atoms with Crippen LogP contribution in [0.4, 0.5) is 0 Å². The molecule has 0 aliphatic heterocycles. The molecule has 1 nitrogen and oxygen atoms in total. The highest BCUT2D eigenvalue weighted by atomic mass is 32.2. The summed E-state index contributed by atoms with van der Waals surface area (Å²) in [6, 6.07) is 15.0. The number of fused-ring (bicyclic) bond motifs is 1. The van der Waals surface area contributed by atoms with Gasteiger partial charge >= 0.3 is 0 Å². The molecule has 86 valence electrons. The van der Waals surface area contributed by atoms with Crippen molar-refractivity contribution in [2.75, 3.05) is 0 Å². The van der Waals surface area contributed by atoms with Gasteiger partial charge in [-0.05, 0) is 42.5 Å². The van der Waals surface area contributed by atoms with Gasteiger partial charge in [0.25, 0.3) is 0 Å². The zero-order chi connectivity index (χ0) is 11.5. The third-order valence-electron chi connectivity index (χ3n) is 3.22. The van der Waals surface area contributed by atoms with Gasteiger partial charge in [-0.15, -0.1) is 0 Å². The van der Waals surface area contributed by atoms with Gasteiger partial charge in [-0.25, -0.2) is 4.98 Å². The highest BCUT2D eigenvalue weighted by Crippen LogP contribution is 2.42. The molecule has 2 aromatic rings. The quantitative estimate of drug-likeness (QED) is 0.779. The maximum absolute atomic E-state index is 4.41. The summed E-state index contributed by atoms with van der Waals surface area (Å²) >= 11 is 1.90. The number of nitrogens with zero attached hydrogens (tertiary/aromatic N) is 1. The van der Waals surface area contributed by atoms with Crippen LogP contribution in [0.1, 0.15) is 29.2 Å². The van der Waals surface area contributed by atoms with Crippen molar-refractivity contribution in [3.05, 3.63) is 59.8 Å². The molecule has 0 bridgehead atoms. The Kier molecular flexibility index (Phi) is 3.14. The van der Waals surface area contributed by atoms with Gasteiger partial charge in [0.15, 0.2) is 0 Å². The van der Waals surface area contributed by atoms with Crippen molar-refractivity contribution >= 4 is 11.8 Å². The molecule has 17 heavy (non-hydrogen) atoms. The van der Waals surface area contributed by atoms with E-state index in [1.807, 2.05) is 24.0 Å². The second-order valence-electron chi connectivity index (χ2n) is 4.37. The van der Waals surface area contributed by atoms with Gasteiger partial charge in [-0.2, -0.15) is 0 Å². The van der Waals surface area contributed by atoms with Gasteiger partial charge in [0, 0.05) is 11.4 Å². The Hall–Kier alpha value is -1.28. The SMILES string of the molecule is c1ccc(S[C@@H]2CCCc3ccccc32)nc1. The number of aromatic nitrogens is 1. The van der Waals surface area contributed by atoms with Crippen LogP contribution in [0, 0.1) is 0 Å². The van der Waals surface area contributed by atoms with Crippen LogP contribution in [0.5, 0.6) is 0 Å². The highest BCUT2D eigenvalue weighted by Gasteiger charge is 2.20. The fourth-order valence-electron chi connectivity index (χ4n) is 2.39. The number of benzene rings is 1. The van der Waals surface area contributed by atoms with Crippen LogP contribution in [0.25, 0.3) is 0 Å². The standard InChI is InChI=1S/C15H15NS/c1-2-8-13-12(6-1)7-5-9-14(13)17-15-10-3-4-11-16-15/h1-4,6,8,10-11,14H,5,7,9H2/t14-/m1/s1. The van der Waals surface area contributed by atoms with Crippen LogP contribution >= 0.6 is 11.8 Å². The van der Waals surface area contributed by atoms with Gasteiger partial charge in [0.05, 0.1) is 5.03 Å². The van der Waals surface area contributed by atoms with Crippen LogP contribution in [0.15, 0.2) is 53.7 Å². The van der Waals surface area contributed by atoms with E-state index in [1.54, 1.807) is 0 Å². The average molecular weight is 241 g/mol. The first-order valence-corrected chi connectivity index (χ1v) is 6.97. The minimum Gasteiger partial charge on any atom is -0.250 e. The molecule has 0 saturated carbocycles. The topological polar surface area (TPSA) is 12.9 Å². The second-order valence-corrected chi connectivity index (χ2v) is 5.59. The highest BCUT2D eigenvalue weighted by molar-refractivity contribution is 7.99. The average Bonchev–Trinajstić information content (AvgIpc) is 2.40. The molecule has 1 aliphatic rings. The minimum atomic E-state index is 0.579. The Balaban J connectivity index is 1.86. The maximum atomic E-state index is 4.41. The summed E-state index contributed by atoms with van der Waals surface area (Å²) in [7, 11) is 0. The lowest BCUT2D eigenvalue weighted by molar-refractivity contribution is 0.673.